The maximum atomic E-state index is 12.1. The molecule has 0 aliphatic carbocycles. The van der Waals surface area contributed by atoms with E-state index < -0.39 is 0 Å². The van der Waals surface area contributed by atoms with E-state index >= 15 is 0 Å². The van der Waals surface area contributed by atoms with Crippen LogP contribution >= 0.6 is 11.3 Å². The van der Waals surface area contributed by atoms with Crippen molar-refractivity contribution in [3.63, 3.8) is 0 Å². The SMILES string of the molecule is Cc1ccc(C(=O)NC[C@H](c2cccs2)N(C)C)cc1. The molecule has 0 bridgehead atoms. The van der Waals surface area contributed by atoms with Gasteiger partial charge in [-0.1, -0.05) is 23.8 Å². The lowest BCUT2D eigenvalue weighted by atomic mass is 10.1. The highest BCUT2D eigenvalue weighted by Gasteiger charge is 2.16. The van der Waals surface area contributed by atoms with Crippen LogP contribution in [0.3, 0.4) is 0 Å². The van der Waals surface area contributed by atoms with Crippen molar-refractivity contribution >= 4 is 17.2 Å². The largest absolute Gasteiger partial charge is 0.350 e. The second-order valence-electron chi connectivity index (χ2n) is 5.07. The lowest BCUT2D eigenvalue weighted by molar-refractivity contribution is 0.0942. The van der Waals surface area contributed by atoms with Crippen LogP contribution in [0.4, 0.5) is 0 Å². The van der Waals surface area contributed by atoms with Crippen molar-refractivity contribution in [1.82, 2.24) is 10.2 Å². The van der Waals surface area contributed by atoms with Gasteiger partial charge in [0.25, 0.3) is 5.91 Å². The van der Waals surface area contributed by atoms with Gasteiger partial charge in [-0.15, -0.1) is 11.3 Å². The summed E-state index contributed by atoms with van der Waals surface area (Å²) in [6, 6.07) is 12.0. The Morgan fingerprint density at radius 1 is 1.25 bits per heavy atom. The zero-order valence-electron chi connectivity index (χ0n) is 12.1. The number of nitrogens with one attached hydrogen (secondary N) is 1. The Kier molecular flexibility index (Phi) is 4.93. The molecule has 0 radical (unpaired) electrons. The van der Waals surface area contributed by atoms with Crippen LogP contribution in [0, 0.1) is 6.92 Å². The monoisotopic (exact) mass is 288 g/mol. The summed E-state index contributed by atoms with van der Waals surface area (Å²) in [7, 11) is 4.06. The number of carbonyl (C=O) groups is 1. The molecule has 0 saturated carbocycles. The topological polar surface area (TPSA) is 32.3 Å². The van der Waals surface area contributed by atoms with E-state index in [1.807, 2.05) is 51.4 Å². The van der Waals surface area contributed by atoms with Gasteiger partial charge in [0.05, 0.1) is 6.04 Å². The van der Waals surface area contributed by atoms with Gasteiger partial charge in [-0.05, 0) is 44.6 Å². The molecule has 0 fully saturated rings. The summed E-state index contributed by atoms with van der Waals surface area (Å²) in [5, 5.41) is 5.08. The Morgan fingerprint density at radius 3 is 2.50 bits per heavy atom. The first kappa shape index (κ1) is 14.8. The molecule has 0 spiro atoms. The highest BCUT2D eigenvalue weighted by atomic mass is 32.1. The molecule has 2 aromatic rings. The minimum Gasteiger partial charge on any atom is -0.350 e. The summed E-state index contributed by atoms with van der Waals surface area (Å²) < 4.78 is 0. The van der Waals surface area contributed by atoms with Crippen molar-refractivity contribution < 1.29 is 4.79 Å². The van der Waals surface area contributed by atoms with E-state index in [1.165, 1.54) is 4.88 Å². The van der Waals surface area contributed by atoms with Crippen molar-refractivity contribution in [3.05, 3.63) is 57.8 Å². The molecular weight excluding hydrogens is 268 g/mol. The molecule has 1 aromatic carbocycles. The number of nitrogens with zero attached hydrogens (tertiary/aromatic N) is 1. The quantitative estimate of drug-likeness (QED) is 0.917. The van der Waals surface area contributed by atoms with Crippen molar-refractivity contribution in [2.45, 2.75) is 13.0 Å². The zero-order chi connectivity index (χ0) is 14.5. The van der Waals surface area contributed by atoms with Gasteiger partial charge in [0.2, 0.25) is 0 Å². The molecule has 0 saturated heterocycles. The second kappa shape index (κ2) is 6.68. The maximum absolute atomic E-state index is 12.1. The molecular formula is C16H20N2OS. The molecule has 1 amide bonds. The Labute approximate surface area is 124 Å². The predicted molar refractivity (Wildman–Crippen MR) is 84.3 cm³/mol. The van der Waals surface area contributed by atoms with Crippen molar-refractivity contribution in [3.8, 4) is 0 Å². The molecule has 1 atom stereocenters. The number of hydrogen-bond donors (Lipinski definition) is 1. The van der Waals surface area contributed by atoms with E-state index in [0.717, 1.165) is 5.56 Å². The van der Waals surface area contributed by atoms with E-state index in [1.54, 1.807) is 11.3 Å². The average molecular weight is 288 g/mol. The fourth-order valence-electron chi connectivity index (χ4n) is 2.01. The molecule has 2 rings (SSSR count). The molecule has 106 valence electrons. The molecule has 20 heavy (non-hydrogen) atoms. The molecule has 0 aliphatic heterocycles. The second-order valence-corrected chi connectivity index (χ2v) is 6.05. The van der Waals surface area contributed by atoms with Crippen molar-refractivity contribution in [2.75, 3.05) is 20.6 Å². The van der Waals surface area contributed by atoms with E-state index in [0.29, 0.717) is 12.1 Å². The summed E-state index contributed by atoms with van der Waals surface area (Å²) in [6.45, 7) is 2.63. The normalized spacial score (nSPS) is 12.4. The molecule has 0 aliphatic rings. The van der Waals surface area contributed by atoms with Crippen LogP contribution in [0.25, 0.3) is 0 Å². The van der Waals surface area contributed by atoms with Crippen LogP contribution in [-0.2, 0) is 0 Å². The zero-order valence-corrected chi connectivity index (χ0v) is 12.9. The number of aryl methyl sites for hydroxylation is 1. The van der Waals surface area contributed by atoms with Crippen molar-refractivity contribution in [1.29, 1.82) is 0 Å². The van der Waals surface area contributed by atoms with Gasteiger partial charge in [0.1, 0.15) is 0 Å². The molecule has 4 heteroatoms. The Bertz CT molecular complexity index is 546. The van der Waals surface area contributed by atoms with Gasteiger partial charge in [0.15, 0.2) is 0 Å². The predicted octanol–water partition coefficient (Wildman–Crippen LogP) is 3.09. The van der Waals surface area contributed by atoms with Gasteiger partial charge in [-0.3, -0.25) is 4.79 Å². The number of amides is 1. The van der Waals surface area contributed by atoms with Crippen LogP contribution in [0.5, 0.6) is 0 Å². The molecule has 1 N–H and O–H groups in total. The lowest BCUT2D eigenvalue weighted by Gasteiger charge is -2.23. The first-order valence-electron chi connectivity index (χ1n) is 6.62. The van der Waals surface area contributed by atoms with E-state index in [4.69, 9.17) is 0 Å². The number of hydrogen-bond acceptors (Lipinski definition) is 3. The van der Waals surface area contributed by atoms with Gasteiger partial charge in [0, 0.05) is 17.0 Å². The van der Waals surface area contributed by atoms with Crippen LogP contribution in [0.2, 0.25) is 0 Å². The first-order chi connectivity index (χ1) is 9.58. The molecule has 3 nitrogen and oxygen atoms in total. The van der Waals surface area contributed by atoms with Crippen LogP contribution in [-0.4, -0.2) is 31.4 Å². The summed E-state index contributed by atoms with van der Waals surface area (Å²) in [5.74, 6) is -0.0200. The highest BCUT2D eigenvalue weighted by Crippen LogP contribution is 2.22. The third-order valence-corrected chi connectivity index (χ3v) is 4.24. The standard InChI is InChI=1S/C16H20N2OS/c1-12-6-8-13(9-7-12)16(19)17-11-14(18(2)3)15-5-4-10-20-15/h4-10,14H,11H2,1-3H3,(H,17,19)/t14-/m1/s1. The third kappa shape index (κ3) is 3.68. The highest BCUT2D eigenvalue weighted by molar-refractivity contribution is 7.10. The number of rotatable bonds is 5. The summed E-state index contributed by atoms with van der Waals surface area (Å²) >= 11 is 1.72. The summed E-state index contributed by atoms with van der Waals surface area (Å²) in [4.78, 5) is 15.5. The van der Waals surface area contributed by atoms with E-state index in [2.05, 4.69) is 21.7 Å². The van der Waals surface area contributed by atoms with Crippen molar-refractivity contribution in [2.24, 2.45) is 0 Å². The fraction of sp³-hybridized carbons (Fsp3) is 0.312. The summed E-state index contributed by atoms with van der Waals surface area (Å²) in [6.07, 6.45) is 0. The van der Waals surface area contributed by atoms with Gasteiger partial charge >= 0.3 is 0 Å². The van der Waals surface area contributed by atoms with Gasteiger partial charge in [-0.2, -0.15) is 0 Å². The third-order valence-electron chi connectivity index (χ3n) is 3.26. The minimum atomic E-state index is -0.0200. The Morgan fingerprint density at radius 2 is 1.95 bits per heavy atom. The van der Waals surface area contributed by atoms with E-state index in [9.17, 15) is 4.79 Å². The number of thiophene rings is 1. The van der Waals surface area contributed by atoms with Crippen LogP contribution < -0.4 is 5.32 Å². The number of benzene rings is 1. The van der Waals surface area contributed by atoms with Crippen LogP contribution in [0.15, 0.2) is 41.8 Å². The van der Waals surface area contributed by atoms with Gasteiger partial charge in [-0.25, -0.2) is 0 Å². The molecule has 1 aromatic heterocycles. The average Bonchev–Trinajstić information content (AvgIpc) is 2.93. The maximum Gasteiger partial charge on any atom is 0.251 e. The lowest BCUT2D eigenvalue weighted by Crippen LogP contribution is -2.34. The Hall–Kier alpha value is -1.65. The summed E-state index contributed by atoms with van der Waals surface area (Å²) in [5.41, 5.74) is 1.87. The molecule has 0 unspecified atom stereocenters. The van der Waals surface area contributed by atoms with Gasteiger partial charge < -0.3 is 10.2 Å². The van der Waals surface area contributed by atoms with E-state index in [-0.39, 0.29) is 11.9 Å². The minimum absolute atomic E-state index is 0.0200. The van der Waals surface area contributed by atoms with Crippen LogP contribution in [0.1, 0.15) is 26.8 Å². The Balaban J connectivity index is 1.99. The number of likely N-dealkylation sites (N-methyl/N-ethyl adjacent to an activating group) is 1. The number of carbonyl (C=O) groups excluding carboxylic acids is 1. The smallest absolute Gasteiger partial charge is 0.251 e. The fourth-order valence-corrected chi connectivity index (χ4v) is 2.94. The molecule has 1 heterocycles. The first-order valence-corrected chi connectivity index (χ1v) is 7.50.